The van der Waals surface area contributed by atoms with Crippen LogP contribution in [0, 0.1) is 5.41 Å². The van der Waals surface area contributed by atoms with Crippen LogP contribution < -0.4 is 10.2 Å². The second-order valence-electron chi connectivity index (χ2n) is 8.22. The van der Waals surface area contributed by atoms with Crippen molar-refractivity contribution in [2.75, 3.05) is 31.2 Å². The molecule has 2 atom stereocenters. The standard InChI is InChI=1S/C24H32N2O6/c1-6-13-32-22(30)26-16-24(23(4,5)7-2,17-11-9-10-12-18(17)26)14-19(27)21(29)25-15-20(28)31-8-3/h6-7,9-12,19,27H,1-2,8,13-16H2,3-5H3,(H,25,29). The molecule has 1 aromatic rings. The van der Waals surface area contributed by atoms with E-state index in [9.17, 15) is 19.5 Å². The van der Waals surface area contributed by atoms with Crippen molar-refractivity contribution in [3.05, 3.63) is 55.1 Å². The number of hydrogen-bond donors (Lipinski definition) is 2. The molecule has 2 unspecified atom stereocenters. The van der Waals surface area contributed by atoms with Crippen LogP contribution in [0.4, 0.5) is 10.5 Å². The molecule has 174 valence electrons. The zero-order valence-electron chi connectivity index (χ0n) is 18.9. The van der Waals surface area contributed by atoms with Gasteiger partial charge in [-0.25, -0.2) is 4.79 Å². The summed E-state index contributed by atoms with van der Waals surface area (Å²) in [5.74, 6) is -1.28. The van der Waals surface area contributed by atoms with Gasteiger partial charge in [0, 0.05) is 12.0 Å². The van der Waals surface area contributed by atoms with E-state index in [-0.39, 0.29) is 32.7 Å². The van der Waals surface area contributed by atoms with Gasteiger partial charge in [0.2, 0.25) is 5.91 Å². The number of benzene rings is 1. The summed E-state index contributed by atoms with van der Waals surface area (Å²) in [6, 6.07) is 7.34. The number of anilines is 1. The van der Waals surface area contributed by atoms with Gasteiger partial charge in [0.1, 0.15) is 19.3 Å². The third kappa shape index (κ3) is 5.02. The van der Waals surface area contributed by atoms with Crippen LogP contribution in [-0.2, 0) is 24.5 Å². The van der Waals surface area contributed by atoms with Crippen molar-refractivity contribution < 1.29 is 29.0 Å². The average molecular weight is 445 g/mol. The molecule has 0 radical (unpaired) electrons. The van der Waals surface area contributed by atoms with Crippen LogP contribution in [0.25, 0.3) is 0 Å². The predicted octanol–water partition coefficient (Wildman–Crippen LogP) is 2.71. The van der Waals surface area contributed by atoms with Crippen molar-refractivity contribution >= 4 is 23.7 Å². The molecule has 8 heteroatoms. The summed E-state index contributed by atoms with van der Waals surface area (Å²) in [5, 5.41) is 13.2. The fourth-order valence-corrected chi connectivity index (χ4v) is 4.02. The first-order chi connectivity index (χ1) is 15.1. The molecule has 0 saturated heterocycles. The number of nitrogens with zero attached hydrogens (tertiary/aromatic N) is 1. The Bertz CT molecular complexity index is 881. The van der Waals surface area contributed by atoms with E-state index in [4.69, 9.17) is 9.47 Å². The first-order valence-corrected chi connectivity index (χ1v) is 10.5. The van der Waals surface area contributed by atoms with Crippen molar-refractivity contribution in [2.24, 2.45) is 5.41 Å². The van der Waals surface area contributed by atoms with E-state index in [2.05, 4.69) is 18.5 Å². The van der Waals surface area contributed by atoms with Crippen LogP contribution >= 0.6 is 0 Å². The lowest BCUT2D eigenvalue weighted by atomic mass is 9.60. The van der Waals surface area contributed by atoms with Crippen LogP contribution in [0.1, 0.15) is 32.8 Å². The maximum absolute atomic E-state index is 12.8. The normalized spacial score (nSPS) is 18.3. The van der Waals surface area contributed by atoms with Crippen LogP contribution in [0.5, 0.6) is 0 Å². The Morgan fingerprint density at radius 3 is 2.59 bits per heavy atom. The molecule has 8 nitrogen and oxygen atoms in total. The molecule has 0 bridgehead atoms. The molecular weight excluding hydrogens is 412 g/mol. The fraction of sp³-hybridized carbons (Fsp3) is 0.458. The molecule has 0 aromatic heterocycles. The number of aliphatic hydroxyl groups excluding tert-OH is 1. The SMILES string of the molecule is C=CCOC(=O)N1CC(CC(O)C(=O)NCC(=O)OCC)(C(C)(C)C=C)c2ccccc21. The number of carbonyl (C=O) groups excluding carboxylic acids is 3. The van der Waals surface area contributed by atoms with Crippen LogP contribution in [-0.4, -0.2) is 55.5 Å². The van der Waals surface area contributed by atoms with E-state index in [0.717, 1.165) is 5.56 Å². The van der Waals surface area contributed by atoms with E-state index in [1.807, 2.05) is 32.0 Å². The van der Waals surface area contributed by atoms with E-state index in [1.54, 1.807) is 19.1 Å². The van der Waals surface area contributed by atoms with Gasteiger partial charge >= 0.3 is 12.1 Å². The van der Waals surface area contributed by atoms with Gasteiger partial charge in [-0.05, 0) is 30.4 Å². The highest BCUT2D eigenvalue weighted by Gasteiger charge is 2.54. The molecule has 1 aliphatic heterocycles. The lowest BCUT2D eigenvalue weighted by Gasteiger charge is -2.44. The summed E-state index contributed by atoms with van der Waals surface area (Å²) < 4.78 is 10.1. The number of nitrogens with one attached hydrogen (secondary N) is 1. The monoisotopic (exact) mass is 444 g/mol. The molecule has 2 N–H and O–H groups in total. The number of fused-ring (bicyclic) bond motifs is 1. The Hall–Kier alpha value is -3.13. The number of allylic oxidation sites excluding steroid dienone is 1. The molecule has 1 aliphatic rings. The van der Waals surface area contributed by atoms with Gasteiger partial charge < -0.3 is 19.9 Å². The lowest BCUT2D eigenvalue weighted by molar-refractivity contribution is -0.144. The van der Waals surface area contributed by atoms with Crippen LogP contribution in [0.2, 0.25) is 0 Å². The van der Waals surface area contributed by atoms with Crippen LogP contribution in [0.3, 0.4) is 0 Å². The molecular formula is C24H32N2O6. The van der Waals surface area contributed by atoms with Crippen molar-refractivity contribution in [1.29, 1.82) is 0 Å². The Morgan fingerprint density at radius 2 is 1.97 bits per heavy atom. The van der Waals surface area contributed by atoms with Crippen molar-refractivity contribution in [3.63, 3.8) is 0 Å². The third-order valence-corrected chi connectivity index (χ3v) is 5.98. The molecule has 0 spiro atoms. The van der Waals surface area contributed by atoms with Crippen LogP contribution in [0.15, 0.2) is 49.6 Å². The molecule has 2 amide bonds. The van der Waals surface area contributed by atoms with Gasteiger partial charge in [0.05, 0.1) is 12.3 Å². The van der Waals surface area contributed by atoms with Crippen molar-refractivity contribution in [3.8, 4) is 0 Å². The Kier molecular flexibility index (Phi) is 8.21. The lowest BCUT2D eigenvalue weighted by Crippen LogP contribution is -2.50. The van der Waals surface area contributed by atoms with Crippen molar-refractivity contribution in [2.45, 2.75) is 38.7 Å². The molecule has 0 aliphatic carbocycles. The highest BCUT2D eigenvalue weighted by molar-refractivity contribution is 5.92. The van der Waals surface area contributed by atoms with E-state index in [1.165, 1.54) is 11.0 Å². The third-order valence-electron chi connectivity index (χ3n) is 5.98. The van der Waals surface area contributed by atoms with E-state index in [0.29, 0.717) is 5.69 Å². The largest absolute Gasteiger partial charge is 0.465 e. The number of rotatable bonds is 10. The highest BCUT2D eigenvalue weighted by atomic mass is 16.6. The Morgan fingerprint density at radius 1 is 1.28 bits per heavy atom. The number of carbonyl (C=O) groups is 3. The summed E-state index contributed by atoms with van der Waals surface area (Å²) >= 11 is 0. The maximum atomic E-state index is 12.8. The molecule has 1 aromatic carbocycles. The zero-order chi connectivity index (χ0) is 23.9. The van der Waals surface area contributed by atoms with Gasteiger partial charge in [-0.2, -0.15) is 0 Å². The Labute approximate surface area is 188 Å². The van der Waals surface area contributed by atoms with Gasteiger partial charge in [-0.3, -0.25) is 14.5 Å². The molecule has 2 rings (SSSR count). The average Bonchev–Trinajstić information content (AvgIpc) is 3.12. The minimum absolute atomic E-state index is 0.00291. The number of para-hydroxylation sites is 1. The predicted molar refractivity (Wildman–Crippen MR) is 121 cm³/mol. The second-order valence-corrected chi connectivity index (χ2v) is 8.22. The first-order valence-electron chi connectivity index (χ1n) is 10.5. The number of amides is 2. The van der Waals surface area contributed by atoms with E-state index < -0.39 is 34.9 Å². The number of ether oxygens (including phenoxy) is 2. The highest BCUT2D eigenvalue weighted by Crippen LogP contribution is 2.54. The summed E-state index contributed by atoms with van der Waals surface area (Å²) in [4.78, 5) is 38.4. The summed E-state index contributed by atoms with van der Waals surface area (Å²) in [7, 11) is 0. The quantitative estimate of drug-likeness (QED) is 0.425. The summed E-state index contributed by atoms with van der Waals surface area (Å²) in [5.41, 5.74) is 0.00591. The first kappa shape index (κ1) is 25.1. The topological polar surface area (TPSA) is 105 Å². The molecule has 0 saturated carbocycles. The molecule has 32 heavy (non-hydrogen) atoms. The van der Waals surface area contributed by atoms with E-state index >= 15 is 0 Å². The Balaban J connectivity index is 2.38. The van der Waals surface area contributed by atoms with Gasteiger partial charge in [-0.15, -0.1) is 6.58 Å². The smallest absolute Gasteiger partial charge is 0.414 e. The van der Waals surface area contributed by atoms with Gasteiger partial charge in [0.15, 0.2) is 0 Å². The number of aliphatic hydroxyl groups is 1. The minimum Gasteiger partial charge on any atom is -0.465 e. The summed E-state index contributed by atoms with van der Waals surface area (Å²) in [6.07, 6.45) is 1.27. The maximum Gasteiger partial charge on any atom is 0.414 e. The number of esters is 1. The fourth-order valence-electron chi connectivity index (χ4n) is 4.02. The second kappa shape index (κ2) is 10.5. The molecule has 1 heterocycles. The molecule has 0 fully saturated rings. The zero-order valence-corrected chi connectivity index (χ0v) is 18.9. The minimum atomic E-state index is -1.43. The van der Waals surface area contributed by atoms with Gasteiger partial charge in [-0.1, -0.05) is 50.8 Å². The number of hydrogen-bond acceptors (Lipinski definition) is 6. The van der Waals surface area contributed by atoms with Crippen molar-refractivity contribution in [1.82, 2.24) is 5.32 Å². The van der Waals surface area contributed by atoms with Gasteiger partial charge in [0.25, 0.3) is 0 Å². The summed E-state index contributed by atoms with van der Waals surface area (Å²) in [6.45, 7) is 13.2.